The zero-order valence-corrected chi connectivity index (χ0v) is 10.3. The lowest BCUT2D eigenvalue weighted by Gasteiger charge is -2.20. The van der Waals surface area contributed by atoms with E-state index in [0.717, 1.165) is 0 Å². The summed E-state index contributed by atoms with van der Waals surface area (Å²) in [6.45, 7) is 6.36. The Morgan fingerprint density at radius 3 is 2.62 bits per heavy atom. The summed E-state index contributed by atoms with van der Waals surface area (Å²) in [5.74, 6) is 0.0532. The minimum absolute atomic E-state index is 0.00967. The first-order valence-electron chi connectivity index (χ1n) is 5.60. The predicted molar refractivity (Wildman–Crippen MR) is 59.6 cm³/mol. The van der Waals surface area contributed by atoms with Gasteiger partial charge in [-0.3, -0.25) is 14.9 Å². The number of nitrogens with one attached hydrogen (secondary N) is 1. The molecule has 0 aliphatic carbocycles. The first kappa shape index (κ1) is 13.0. The maximum atomic E-state index is 12.0. The summed E-state index contributed by atoms with van der Waals surface area (Å²) in [7, 11) is 1.35. The van der Waals surface area contributed by atoms with Crippen LogP contribution in [0.3, 0.4) is 0 Å². The number of hydrogen-bond donors (Lipinski definition) is 1. The van der Waals surface area contributed by atoms with Gasteiger partial charge in [-0.1, -0.05) is 13.8 Å². The van der Waals surface area contributed by atoms with E-state index < -0.39 is 0 Å². The van der Waals surface area contributed by atoms with Crippen molar-refractivity contribution < 1.29 is 14.3 Å². The normalized spacial score (nSPS) is 25.3. The average molecular weight is 228 g/mol. The van der Waals surface area contributed by atoms with Gasteiger partial charge in [0.05, 0.1) is 25.7 Å². The maximum Gasteiger partial charge on any atom is 0.307 e. The van der Waals surface area contributed by atoms with Crippen LogP contribution in [0.5, 0.6) is 0 Å². The van der Waals surface area contributed by atoms with Gasteiger partial charge in [-0.2, -0.15) is 0 Å². The molecule has 2 atom stereocenters. The van der Waals surface area contributed by atoms with Gasteiger partial charge >= 0.3 is 5.97 Å². The Balaban J connectivity index is 2.54. The lowest BCUT2D eigenvalue weighted by Crippen LogP contribution is -2.36. The molecule has 1 aliphatic rings. The molecule has 92 valence electrons. The van der Waals surface area contributed by atoms with E-state index in [9.17, 15) is 9.59 Å². The van der Waals surface area contributed by atoms with Gasteiger partial charge < -0.3 is 9.64 Å². The maximum absolute atomic E-state index is 12.0. The number of carbonyl (C=O) groups is 2. The summed E-state index contributed by atoms with van der Waals surface area (Å²) in [6.07, 6.45) is 0.239. The van der Waals surface area contributed by atoms with Crippen LogP contribution in [0.4, 0.5) is 0 Å². The Kier molecular flexibility index (Phi) is 4.29. The number of ether oxygens (including phenoxy) is 1. The van der Waals surface area contributed by atoms with Gasteiger partial charge in [-0.25, -0.2) is 0 Å². The van der Waals surface area contributed by atoms with E-state index in [0.29, 0.717) is 6.54 Å². The highest BCUT2D eigenvalue weighted by molar-refractivity contribution is 5.85. The lowest BCUT2D eigenvalue weighted by molar-refractivity contribution is -0.141. The molecule has 1 saturated heterocycles. The van der Waals surface area contributed by atoms with Crippen LogP contribution >= 0.6 is 0 Å². The van der Waals surface area contributed by atoms with E-state index in [1.165, 1.54) is 7.11 Å². The number of esters is 1. The summed E-state index contributed by atoms with van der Waals surface area (Å²) in [4.78, 5) is 24.7. The van der Waals surface area contributed by atoms with Crippen molar-refractivity contribution in [3.63, 3.8) is 0 Å². The number of nitrogens with zero attached hydrogens (tertiary/aromatic N) is 1. The number of amides is 1. The largest absolute Gasteiger partial charge is 0.469 e. The minimum Gasteiger partial charge on any atom is -0.469 e. The molecule has 0 aromatic heterocycles. The first-order valence-corrected chi connectivity index (χ1v) is 5.60. The van der Waals surface area contributed by atoms with Crippen LogP contribution in [0.25, 0.3) is 0 Å². The highest BCUT2D eigenvalue weighted by Crippen LogP contribution is 2.16. The second kappa shape index (κ2) is 5.30. The van der Waals surface area contributed by atoms with Gasteiger partial charge in [0.25, 0.3) is 0 Å². The lowest BCUT2D eigenvalue weighted by atomic mass is 10.1. The zero-order valence-electron chi connectivity index (χ0n) is 10.3. The summed E-state index contributed by atoms with van der Waals surface area (Å²) in [6, 6.07) is -0.132. The molecule has 0 spiro atoms. The minimum atomic E-state index is -0.284. The summed E-state index contributed by atoms with van der Waals surface area (Å²) < 4.78 is 4.56. The number of methoxy groups -OCH3 is 1. The molecule has 0 saturated carbocycles. The molecule has 1 N–H and O–H groups in total. The highest BCUT2D eigenvalue weighted by Gasteiger charge is 2.37. The molecule has 0 bridgehead atoms. The van der Waals surface area contributed by atoms with Gasteiger partial charge in [0, 0.05) is 6.54 Å². The van der Waals surface area contributed by atoms with Crippen LogP contribution in [0.15, 0.2) is 0 Å². The van der Waals surface area contributed by atoms with E-state index in [1.54, 1.807) is 4.90 Å². The molecule has 2 unspecified atom stereocenters. The molecule has 1 heterocycles. The molecule has 16 heavy (non-hydrogen) atoms. The van der Waals surface area contributed by atoms with Crippen molar-refractivity contribution in [1.82, 2.24) is 10.2 Å². The predicted octanol–water partition coefficient (Wildman–Crippen LogP) is 0.352. The molecular formula is C11H20N2O3. The summed E-state index contributed by atoms with van der Waals surface area (Å²) >= 11 is 0. The summed E-state index contributed by atoms with van der Waals surface area (Å²) in [5, 5.41) is 3.22. The standard InChI is InChI=1S/C11H20N2O3/c1-7(2)10-11(15)13(8(3)12-10)6-5-9(14)16-4/h7-8,10,12H,5-6H2,1-4H3. The molecule has 1 amide bonds. The molecule has 1 rings (SSSR count). The van der Waals surface area contributed by atoms with E-state index in [4.69, 9.17) is 0 Å². The second-order valence-corrected chi connectivity index (χ2v) is 4.42. The molecule has 0 aromatic rings. The van der Waals surface area contributed by atoms with Crippen molar-refractivity contribution in [2.75, 3.05) is 13.7 Å². The monoisotopic (exact) mass is 228 g/mol. The molecular weight excluding hydrogens is 208 g/mol. The number of carbonyl (C=O) groups excluding carboxylic acids is 2. The third-order valence-corrected chi connectivity index (χ3v) is 2.89. The van der Waals surface area contributed by atoms with Crippen LogP contribution in [0.2, 0.25) is 0 Å². The SMILES string of the molecule is COC(=O)CCN1C(=O)C(C(C)C)NC1C. The van der Waals surface area contributed by atoms with E-state index >= 15 is 0 Å². The third-order valence-electron chi connectivity index (χ3n) is 2.89. The van der Waals surface area contributed by atoms with Gasteiger partial charge in [0.1, 0.15) is 0 Å². The second-order valence-electron chi connectivity index (χ2n) is 4.42. The Bertz CT molecular complexity index is 278. The topological polar surface area (TPSA) is 58.6 Å². The van der Waals surface area contributed by atoms with Crippen molar-refractivity contribution in [2.45, 2.75) is 39.4 Å². The smallest absolute Gasteiger partial charge is 0.307 e. The van der Waals surface area contributed by atoms with Crippen molar-refractivity contribution in [3.8, 4) is 0 Å². The van der Waals surface area contributed by atoms with E-state index in [-0.39, 0.29) is 36.4 Å². The Morgan fingerprint density at radius 1 is 1.56 bits per heavy atom. The molecule has 5 heteroatoms. The number of rotatable bonds is 4. The Morgan fingerprint density at radius 2 is 2.19 bits per heavy atom. The van der Waals surface area contributed by atoms with E-state index in [2.05, 4.69) is 10.1 Å². The highest BCUT2D eigenvalue weighted by atomic mass is 16.5. The van der Waals surface area contributed by atoms with Gasteiger partial charge in [-0.15, -0.1) is 0 Å². The number of hydrogen-bond acceptors (Lipinski definition) is 4. The molecule has 0 aromatic carbocycles. The third kappa shape index (κ3) is 2.72. The molecule has 1 aliphatic heterocycles. The van der Waals surface area contributed by atoms with Gasteiger partial charge in [0.15, 0.2) is 0 Å². The van der Waals surface area contributed by atoms with Crippen LogP contribution in [-0.2, 0) is 14.3 Å². The molecule has 5 nitrogen and oxygen atoms in total. The van der Waals surface area contributed by atoms with Crippen molar-refractivity contribution in [2.24, 2.45) is 5.92 Å². The van der Waals surface area contributed by atoms with E-state index in [1.807, 2.05) is 20.8 Å². The van der Waals surface area contributed by atoms with Crippen LogP contribution in [0.1, 0.15) is 27.2 Å². The summed E-state index contributed by atoms with van der Waals surface area (Å²) in [5.41, 5.74) is 0. The Labute approximate surface area is 96.1 Å². The average Bonchev–Trinajstić information content (AvgIpc) is 2.51. The quantitative estimate of drug-likeness (QED) is 0.705. The zero-order chi connectivity index (χ0) is 12.3. The molecule has 0 radical (unpaired) electrons. The fourth-order valence-electron chi connectivity index (χ4n) is 1.89. The van der Waals surface area contributed by atoms with Crippen molar-refractivity contribution in [1.29, 1.82) is 0 Å². The van der Waals surface area contributed by atoms with Crippen molar-refractivity contribution >= 4 is 11.9 Å². The van der Waals surface area contributed by atoms with Gasteiger partial charge in [0.2, 0.25) is 5.91 Å². The van der Waals surface area contributed by atoms with Crippen molar-refractivity contribution in [3.05, 3.63) is 0 Å². The fourth-order valence-corrected chi connectivity index (χ4v) is 1.89. The Hall–Kier alpha value is -1.10. The molecule has 1 fully saturated rings. The fraction of sp³-hybridized carbons (Fsp3) is 0.818. The van der Waals surface area contributed by atoms with Crippen LogP contribution in [-0.4, -0.2) is 42.6 Å². The first-order chi connectivity index (χ1) is 7.47. The van der Waals surface area contributed by atoms with Gasteiger partial charge in [-0.05, 0) is 12.8 Å². The van der Waals surface area contributed by atoms with Crippen LogP contribution < -0.4 is 5.32 Å². The van der Waals surface area contributed by atoms with Crippen LogP contribution in [0, 0.1) is 5.92 Å².